The molecule has 2 aliphatic heterocycles. The number of nitrogens with two attached hydrogens (primary N) is 1. The summed E-state index contributed by atoms with van der Waals surface area (Å²) in [6.07, 6.45) is 2.65. The Balaban J connectivity index is 1.86. The van der Waals surface area contributed by atoms with Crippen LogP contribution >= 0.6 is 0 Å². The molecule has 0 amide bonds. The summed E-state index contributed by atoms with van der Waals surface area (Å²) in [6, 6.07) is 1.56. The summed E-state index contributed by atoms with van der Waals surface area (Å²) in [5.41, 5.74) is 5.71. The van der Waals surface area contributed by atoms with Gasteiger partial charge in [0.2, 0.25) is 0 Å². The average Bonchev–Trinajstić information content (AvgIpc) is 2.74. The molecule has 3 atom stereocenters. The maximum absolute atomic E-state index is 5.71. The Hall–Kier alpha value is -0.120. The van der Waals surface area contributed by atoms with Gasteiger partial charge in [-0.3, -0.25) is 4.90 Å². The number of likely N-dealkylation sites (N-methyl/N-ethyl adjacent to an activating group) is 1. The number of hydrogen-bond acceptors (Lipinski definition) is 3. The van der Waals surface area contributed by atoms with Crippen LogP contribution in [0, 0.1) is 5.92 Å². The van der Waals surface area contributed by atoms with Crippen LogP contribution in [0.5, 0.6) is 0 Å². The molecule has 0 radical (unpaired) electrons. The number of rotatable bonds is 2. The summed E-state index contributed by atoms with van der Waals surface area (Å²) in [6.45, 7) is 6.96. The molecule has 0 aromatic carbocycles. The molecular weight excluding hydrogens is 174 g/mol. The summed E-state index contributed by atoms with van der Waals surface area (Å²) in [4.78, 5) is 5.12. The first-order valence-electron chi connectivity index (χ1n) is 5.85. The smallest absolute Gasteiger partial charge is 0.0238 e. The molecule has 0 saturated carbocycles. The maximum atomic E-state index is 5.71. The lowest BCUT2D eigenvalue weighted by atomic mass is 10.1. The van der Waals surface area contributed by atoms with E-state index < -0.39 is 0 Å². The van der Waals surface area contributed by atoms with Crippen LogP contribution in [0.1, 0.15) is 19.8 Å². The third kappa shape index (κ3) is 1.95. The van der Waals surface area contributed by atoms with Gasteiger partial charge >= 0.3 is 0 Å². The first-order chi connectivity index (χ1) is 6.70. The van der Waals surface area contributed by atoms with Crippen LogP contribution in [-0.2, 0) is 0 Å². The van der Waals surface area contributed by atoms with Gasteiger partial charge in [-0.05, 0) is 45.8 Å². The fraction of sp³-hybridized carbons (Fsp3) is 1.00. The minimum absolute atomic E-state index is 0.760. The lowest BCUT2D eigenvalue weighted by Crippen LogP contribution is -2.35. The van der Waals surface area contributed by atoms with Gasteiger partial charge in [-0.2, -0.15) is 0 Å². The Morgan fingerprint density at radius 3 is 2.64 bits per heavy atom. The first kappa shape index (κ1) is 10.4. The van der Waals surface area contributed by atoms with E-state index >= 15 is 0 Å². The van der Waals surface area contributed by atoms with Gasteiger partial charge in [0.05, 0.1) is 0 Å². The zero-order valence-corrected chi connectivity index (χ0v) is 9.45. The Morgan fingerprint density at radius 1 is 1.36 bits per heavy atom. The van der Waals surface area contributed by atoms with Crippen molar-refractivity contribution in [3.05, 3.63) is 0 Å². The summed E-state index contributed by atoms with van der Waals surface area (Å²) in [5.74, 6) is 0.760. The molecule has 2 aliphatic rings. The summed E-state index contributed by atoms with van der Waals surface area (Å²) < 4.78 is 0. The molecule has 2 heterocycles. The summed E-state index contributed by atoms with van der Waals surface area (Å²) in [7, 11) is 2.24. The third-order valence-corrected chi connectivity index (χ3v) is 4.03. The predicted octanol–water partition coefficient (Wildman–Crippen LogP) is 0.360. The SMILES string of the molecule is CC1CC(N2CCC(CN)C2)CN1C. The van der Waals surface area contributed by atoms with E-state index in [1.165, 1.54) is 32.5 Å². The van der Waals surface area contributed by atoms with E-state index in [1.54, 1.807) is 0 Å². The predicted molar refractivity (Wildman–Crippen MR) is 59.2 cm³/mol. The molecule has 2 rings (SSSR count). The van der Waals surface area contributed by atoms with E-state index in [4.69, 9.17) is 5.73 Å². The van der Waals surface area contributed by atoms with E-state index in [0.29, 0.717) is 0 Å². The fourth-order valence-electron chi connectivity index (χ4n) is 2.81. The highest BCUT2D eigenvalue weighted by molar-refractivity contribution is 4.90. The molecule has 82 valence electrons. The lowest BCUT2D eigenvalue weighted by Gasteiger charge is -2.23. The van der Waals surface area contributed by atoms with Crippen molar-refractivity contribution in [2.75, 3.05) is 33.2 Å². The molecule has 0 bridgehead atoms. The molecule has 3 unspecified atom stereocenters. The van der Waals surface area contributed by atoms with Crippen molar-refractivity contribution < 1.29 is 0 Å². The van der Waals surface area contributed by atoms with E-state index in [1.807, 2.05) is 0 Å². The molecule has 0 aromatic heterocycles. The number of likely N-dealkylation sites (tertiary alicyclic amines) is 2. The molecule has 3 heteroatoms. The zero-order chi connectivity index (χ0) is 10.1. The molecular formula is C11H23N3. The Bertz CT molecular complexity index is 185. The van der Waals surface area contributed by atoms with Gasteiger partial charge in [-0.25, -0.2) is 0 Å². The van der Waals surface area contributed by atoms with Crippen LogP contribution in [0.4, 0.5) is 0 Å². The second-order valence-electron chi connectivity index (χ2n) is 5.06. The van der Waals surface area contributed by atoms with Crippen LogP contribution < -0.4 is 5.73 Å². The van der Waals surface area contributed by atoms with Crippen molar-refractivity contribution in [2.24, 2.45) is 11.7 Å². The van der Waals surface area contributed by atoms with Crippen molar-refractivity contribution in [2.45, 2.75) is 31.8 Å². The second kappa shape index (κ2) is 4.17. The lowest BCUT2D eigenvalue weighted by molar-refractivity contribution is 0.234. The summed E-state index contributed by atoms with van der Waals surface area (Å²) in [5, 5.41) is 0. The Morgan fingerprint density at radius 2 is 2.14 bits per heavy atom. The molecule has 3 nitrogen and oxygen atoms in total. The highest BCUT2D eigenvalue weighted by atomic mass is 15.3. The van der Waals surface area contributed by atoms with Crippen molar-refractivity contribution in [3.63, 3.8) is 0 Å². The quantitative estimate of drug-likeness (QED) is 0.694. The molecule has 2 saturated heterocycles. The minimum Gasteiger partial charge on any atom is -0.330 e. The fourth-order valence-corrected chi connectivity index (χ4v) is 2.81. The van der Waals surface area contributed by atoms with E-state index in [-0.39, 0.29) is 0 Å². The maximum Gasteiger partial charge on any atom is 0.0238 e. The standard InChI is InChI=1S/C11H23N3/c1-9-5-11(8-13(9)2)14-4-3-10(6-12)7-14/h9-11H,3-8,12H2,1-2H3. The number of hydrogen-bond donors (Lipinski definition) is 1. The average molecular weight is 197 g/mol. The largest absolute Gasteiger partial charge is 0.330 e. The molecule has 0 aromatic rings. The first-order valence-corrected chi connectivity index (χ1v) is 5.85. The Kier molecular flexibility index (Phi) is 3.10. The summed E-state index contributed by atoms with van der Waals surface area (Å²) >= 11 is 0. The van der Waals surface area contributed by atoms with Crippen molar-refractivity contribution in [3.8, 4) is 0 Å². The Labute approximate surface area is 87.2 Å². The van der Waals surface area contributed by atoms with E-state index in [0.717, 1.165) is 24.5 Å². The van der Waals surface area contributed by atoms with Crippen LogP contribution in [0.2, 0.25) is 0 Å². The monoisotopic (exact) mass is 197 g/mol. The second-order valence-corrected chi connectivity index (χ2v) is 5.06. The van der Waals surface area contributed by atoms with Crippen LogP contribution in [-0.4, -0.2) is 55.1 Å². The van der Waals surface area contributed by atoms with Gasteiger partial charge < -0.3 is 10.6 Å². The van der Waals surface area contributed by atoms with Gasteiger partial charge in [0.25, 0.3) is 0 Å². The minimum atomic E-state index is 0.760. The number of nitrogens with zero attached hydrogens (tertiary/aromatic N) is 2. The van der Waals surface area contributed by atoms with Crippen molar-refractivity contribution >= 4 is 0 Å². The highest BCUT2D eigenvalue weighted by Crippen LogP contribution is 2.25. The highest BCUT2D eigenvalue weighted by Gasteiger charge is 2.34. The molecule has 0 spiro atoms. The van der Waals surface area contributed by atoms with Gasteiger partial charge in [0.15, 0.2) is 0 Å². The van der Waals surface area contributed by atoms with Crippen molar-refractivity contribution in [1.29, 1.82) is 0 Å². The van der Waals surface area contributed by atoms with Gasteiger partial charge in [-0.1, -0.05) is 0 Å². The van der Waals surface area contributed by atoms with Crippen LogP contribution in [0.3, 0.4) is 0 Å². The van der Waals surface area contributed by atoms with Crippen LogP contribution in [0.15, 0.2) is 0 Å². The molecule has 0 aliphatic carbocycles. The van der Waals surface area contributed by atoms with Crippen LogP contribution in [0.25, 0.3) is 0 Å². The molecule has 2 N–H and O–H groups in total. The third-order valence-electron chi connectivity index (χ3n) is 4.03. The van der Waals surface area contributed by atoms with E-state index in [2.05, 4.69) is 23.8 Å². The zero-order valence-electron chi connectivity index (χ0n) is 9.45. The molecule has 14 heavy (non-hydrogen) atoms. The normalized spacial score (nSPS) is 40.9. The molecule has 2 fully saturated rings. The van der Waals surface area contributed by atoms with Crippen molar-refractivity contribution in [1.82, 2.24) is 9.80 Å². The van der Waals surface area contributed by atoms with Gasteiger partial charge in [-0.15, -0.1) is 0 Å². The van der Waals surface area contributed by atoms with Gasteiger partial charge in [0, 0.05) is 25.2 Å². The van der Waals surface area contributed by atoms with Gasteiger partial charge in [0.1, 0.15) is 0 Å². The van der Waals surface area contributed by atoms with E-state index in [9.17, 15) is 0 Å². The topological polar surface area (TPSA) is 32.5 Å².